The molecule has 6 heteroatoms. The lowest BCUT2D eigenvalue weighted by molar-refractivity contribution is -0.135. The van der Waals surface area contributed by atoms with E-state index in [1.54, 1.807) is 12.3 Å². The molecule has 0 saturated carbocycles. The molecule has 0 atom stereocenters. The third kappa shape index (κ3) is 5.75. The molecule has 1 aromatic rings. The summed E-state index contributed by atoms with van der Waals surface area (Å²) in [5.41, 5.74) is 0.322. The fraction of sp³-hybridized carbons (Fsp3) is 0.688. The highest BCUT2D eigenvalue weighted by Crippen LogP contribution is 2.16. The molecule has 0 aliphatic heterocycles. The largest absolute Gasteiger partial charge is 0.461 e. The summed E-state index contributed by atoms with van der Waals surface area (Å²) in [6.07, 6.45) is 0.953. The summed E-state index contributed by atoms with van der Waals surface area (Å²) in [4.78, 5) is 30.1. The first kappa shape index (κ1) is 18.6. The van der Waals surface area contributed by atoms with Crippen molar-refractivity contribution in [2.24, 2.45) is 11.8 Å². The number of carbonyl (C=O) groups excluding carboxylic acids is 2. The molecule has 0 aromatic carbocycles. The summed E-state index contributed by atoms with van der Waals surface area (Å²) < 4.78 is 4.94. The van der Waals surface area contributed by atoms with Crippen molar-refractivity contribution in [2.45, 2.75) is 47.6 Å². The number of thiazole rings is 1. The number of rotatable bonds is 8. The third-order valence-corrected chi connectivity index (χ3v) is 3.98. The minimum absolute atomic E-state index is 0.0448. The van der Waals surface area contributed by atoms with E-state index >= 15 is 0 Å². The lowest BCUT2D eigenvalue weighted by atomic mass is 10.1. The predicted molar refractivity (Wildman–Crippen MR) is 87.8 cm³/mol. The van der Waals surface area contributed by atoms with Crippen LogP contribution >= 0.6 is 11.3 Å². The number of hydrogen-bond acceptors (Lipinski definition) is 5. The Morgan fingerprint density at radius 3 is 2.55 bits per heavy atom. The second-order valence-electron chi connectivity index (χ2n) is 5.94. The lowest BCUT2D eigenvalue weighted by Crippen LogP contribution is -2.35. The monoisotopic (exact) mass is 326 g/mol. The van der Waals surface area contributed by atoms with Crippen molar-refractivity contribution < 1.29 is 14.3 Å². The Hall–Kier alpha value is -1.43. The van der Waals surface area contributed by atoms with Crippen LogP contribution in [0.3, 0.4) is 0 Å². The molecule has 1 rings (SSSR count). The molecule has 0 bridgehead atoms. The van der Waals surface area contributed by atoms with Crippen LogP contribution in [0.15, 0.2) is 5.38 Å². The van der Waals surface area contributed by atoms with Gasteiger partial charge in [-0.25, -0.2) is 9.78 Å². The maximum atomic E-state index is 12.3. The van der Waals surface area contributed by atoms with Gasteiger partial charge in [-0.05, 0) is 19.3 Å². The number of hydrogen-bond donors (Lipinski definition) is 0. The maximum Gasteiger partial charge on any atom is 0.357 e. The lowest BCUT2D eigenvalue weighted by Gasteiger charge is -2.24. The number of amides is 1. The van der Waals surface area contributed by atoms with Gasteiger partial charge in [0.1, 0.15) is 5.01 Å². The Balaban J connectivity index is 2.76. The minimum Gasteiger partial charge on any atom is -0.461 e. The topological polar surface area (TPSA) is 59.5 Å². The van der Waals surface area contributed by atoms with Gasteiger partial charge >= 0.3 is 5.97 Å². The van der Waals surface area contributed by atoms with Crippen LogP contribution in [0.5, 0.6) is 0 Å². The fourth-order valence-corrected chi connectivity index (χ4v) is 2.67. The smallest absolute Gasteiger partial charge is 0.357 e. The highest BCUT2D eigenvalue weighted by Gasteiger charge is 2.20. The number of ether oxygens (including phenoxy) is 1. The van der Waals surface area contributed by atoms with Crippen molar-refractivity contribution >= 4 is 23.2 Å². The van der Waals surface area contributed by atoms with Gasteiger partial charge < -0.3 is 9.64 Å². The van der Waals surface area contributed by atoms with Gasteiger partial charge in [0.05, 0.1) is 13.2 Å². The van der Waals surface area contributed by atoms with Gasteiger partial charge in [0.15, 0.2) is 5.69 Å². The summed E-state index contributed by atoms with van der Waals surface area (Å²) in [6.45, 7) is 11.3. The molecule has 0 spiro atoms. The number of nitrogens with zero attached hydrogens (tertiary/aromatic N) is 2. The molecule has 0 saturated heterocycles. The second-order valence-corrected chi connectivity index (χ2v) is 6.89. The van der Waals surface area contributed by atoms with Crippen LogP contribution in [0.1, 0.15) is 56.5 Å². The van der Waals surface area contributed by atoms with E-state index in [2.05, 4.69) is 18.8 Å². The fourth-order valence-electron chi connectivity index (χ4n) is 1.89. The molecule has 1 aromatic heterocycles. The molecule has 0 radical (unpaired) electrons. The van der Waals surface area contributed by atoms with Crippen LogP contribution in [-0.2, 0) is 16.1 Å². The van der Waals surface area contributed by atoms with Gasteiger partial charge in [0, 0.05) is 17.8 Å². The first-order valence-corrected chi connectivity index (χ1v) is 8.63. The molecule has 1 amide bonds. The van der Waals surface area contributed by atoms with Gasteiger partial charge in [0.2, 0.25) is 5.91 Å². The van der Waals surface area contributed by atoms with Gasteiger partial charge in [0.25, 0.3) is 0 Å². The number of aromatic nitrogens is 1. The first-order chi connectivity index (χ1) is 10.3. The highest BCUT2D eigenvalue weighted by molar-refractivity contribution is 7.09. The van der Waals surface area contributed by atoms with E-state index in [9.17, 15) is 9.59 Å². The summed E-state index contributed by atoms with van der Waals surface area (Å²) in [7, 11) is 0. The van der Waals surface area contributed by atoms with Crippen molar-refractivity contribution in [3.8, 4) is 0 Å². The quantitative estimate of drug-likeness (QED) is 0.687. The SMILES string of the molecule is CCOC(=O)c1csc(CN(CCC(C)C)C(=O)C(C)C)n1. The van der Waals surface area contributed by atoms with Crippen molar-refractivity contribution in [2.75, 3.05) is 13.2 Å². The predicted octanol–water partition coefficient (Wildman–Crippen LogP) is 3.35. The van der Waals surface area contributed by atoms with Crippen LogP contribution in [0.4, 0.5) is 0 Å². The molecule has 0 unspecified atom stereocenters. The average molecular weight is 326 g/mol. The van der Waals surface area contributed by atoms with Gasteiger partial charge in [-0.3, -0.25) is 4.79 Å². The Bertz CT molecular complexity index is 497. The standard InChI is InChI=1S/C16H26N2O3S/c1-6-21-16(20)13-10-22-14(17-13)9-18(8-7-11(2)3)15(19)12(4)5/h10-12H,6-9H2,1-5H3. The van der Waals surface area contributed by atoms with Crippen LogP contribution in [0, 0.1) is 11.8 Å². The normalized spacial score (nSPS) is 11.0. The Labute approximate surface area is 136 Å². The summed E-state index contributed by atoms with van der Waals surface area (Å²) >= 11 is 1.39. The van der Waals surface area contributed by atoms with E-state index in [1.807, 2.05) is 18.7 Å². The maximum absolute atomic E-state index is 12.3. The molecular formula is C16H26N2O3S. The Morgan fingerprint density at radius 2 is 2.00 bits per heavy atom. The zero-order chi connectivity index (χ0) is 16.7. The Morgan fingerprint density at radius 1 is 1.32 bits per heavy atom. The second kappa shape index (κ2) is 8.88. The summed E-state index contributed by atoms with van der Waals surface area (Å²) in [5.74, 6) is 0.202. The van der Waals surface area contributed by atoms with Crippen LogP contribution in [0.2, 0.25) is 0 Å². The van der Waals surface area contributed by atoms with E-state index in [4.69, 9.17) is 4.74 Å². The van der Waals surface area contributed by atoms with E-state index in [-0.39, 0.29) is 11.8 Å². The van der Waals surface area contributed by atoms with E-state index in [1.165, 1.54) is 11.3 Å². The first-order valence-electron chi connectivity index (χ1n) is 7.75. The molecule has 0 N–H and O–H groups in total. The van der Waals surface area contributed by atoms with Crippen molar-refractivity contribution in [1.82, 2.24) is 9.88 Å². The molecule has 1 heterocycles. The number of carbonyl (C=O) groups is 2. The molecular weight excluding hydrogens is 300 g/mol. The summed E-state index contributed by atoms with van der Waals surface area (Å²) in [6, 6.07) is 0. The molecule has 0 aliphatic carbocycles. The molecule has 0 aliphatic rings. The van der Waals surface area contributed by atoms with Gasteiger partial charge in [-0.15, -0.1) is 11.3 Å². The van der Waals surface area contributed by atoms with Crippen LogP contribution in [0.25, 0.3) is 0 Å². The third-order valence-electron chi connectivity index (χ3n) is 3.14. The van der Waals surface area contributed by atoms with E-state index in [0.717, 1.165) is 11.4 Å². The van der Waals surface area contributed by atoms with Crippen molar-refractivity contribution in [1.29, 1.82) is 0 Å². The molecule has 22 heavy (non-hydrogen) atoms. The zero-order valence-corrected chi connectivity index (χ0v) is 14.9. The number of esters is 1. The van der Waals surface area contributed by atoms with Crippen LogP contribution < -0.4 is 0 Å². The summed E-state index contributed by atoms with van der Waals surface area (Å²) in [5, 5.41) is 2.45. The van der Waals surface area contributed by atoms with E-state index < -0.39 is 5.97 Å². The van der Waals surface area contributed by atoms with Gasteiger partial charge in [-0.2, -0.15) is 0 Å². The minimum atomic E-state index is -0.408. The van der Waals surface area contributed by atoms with E-state index in [0.29, 0.717) is 31.3 Å². The van der Waals surface area contributed by atoms with Crippen LogP contribution in [-0.4, -0.2) is 34.9 Å². The molecule has 0 fully saturated rings. The molecule has 5 nitrogen and oxygen atoms in total. The average Bonchev–Trinajstić information content (AvgIpc) is 2.91. The van der Waals surface area contributed by atoms with Crippen molar-refractivity contribution in [3.05, 3.63) is 16.1 Å². The van der Waals surface area contributed by atoms with Gasteiger partial charge in [-0.1, -0.05) is 27.7 Å². The van der Waals surface area contributed by atoms with Crippen molar-refractivity contribution in [3.63, 3.8) is 0 Å². The molecule has 124 valence electrons. The highest BCUT2D eigenvalue weighted by atomic mass is 32.1. The Kier molecular flexibility index (Phi) is 7.51. The zero-order valence-electron chi connectivity index (χ0n) is 14.1.